The first-order chi connectivity index (χ1) is 9.72. The van der Waals surface area contributed by atoms with Gasteiger partial charge in [0, 0.05) is 12.1 Å². The summed E-state index contributed by atoms with van der Waals surface area (Å²) in [7, 11) is 1.65. The molecule has 1 aliphatic rings. The zero-order valence-electron chi connectivity index (χ0n) is 12.1. The molecule has 0 saturated heterocycles. The summed E-state index contributed by atoms with van der Waals surface area (Å²) in [6.07, 6.45) is 6.26. The molecule has 1 aliphatic carbocycles. The second-order valence-corrected chi connectivity index (χ2v) is 5.99. The lowest BCUT2D eigenvalue weighted by atomic mass is 9.84. The number of fused-ring (bicyclic) bond motifs is 1. The van der Waals surface area contributed by atoms with Crippen LogP contribution >= 0.6 is 12.2 Å². The summed E-state index contributed by atoms with van der Waals surface area (Å²) in [5.41, 5.74) is 1.92. The second-order valence-electron chi connectivity index (χ2n) is 5.61. The van der Waals surface area contributed by atoms with Gasteiger partial charge in [0.25, 0.3) is 0 Å². The number of ether oxygens (including phenoxy) is 1. The lowest BCUT2D eigenvalue weighted by Gasteiger charge is -2.28. The van der Waals surface area contributed by atoms with Gasteiger partial charge in [-0.15, -0.1) is 0 Å². The van der Waals surface area contributed by atoms with Crippen molar-refractivity contribution >= 4 is 23.4 Å². The van der Waals surface area contributed by atoms with E-state index >= 15 is 0 Å². The highest BCUT2D eigenvalue weighted by atomic mass is 32.1. The third kappa shape index (κ3) is 2.35. The van der Waals surface area contributed by atoms with Gasteiger partial charge in [0.15, 0.2) is 10.4 Å². The third-order valence-corrected chi connectivity index (χ3v) is 4.80. The Morgan fingerprint density at radius 1 is 1.35 bits per heavy atom. The number of hydrogen-bond donors (Lipinski definition) is 1. The molecule has 0 atom stereocenters. The zero-order chi connectivity index (χ0) is 14.1. The lowest BCUT2D eigenvalue weighted by molar-refractivity contribution is 0.271. The first kappa shape index (κ1) is 13.6. The van der Waals surface area contributed by atoms with E-state index in [4.69, 9.17) is 17.0 Å². The molecule has 108 valence electrons. The maximum absolute atomic E-state index is 5.50. The fourth-order valence-corrected chi connectivity index (χ4v) is 3.59. The van der Waals surface area contributed by atoms with Crippen LogP contribution in [-0.4, -0.2) is 21.6 Å². The molecule has 4 nitrogen and oxygen atoms in total. The van der Waals surface area contributed by atoms with Crippen molar-refractivity contribution in [2.45, 2.75) is 45.1 Å². The van der Waals surface area contributed by atoms with Crippen molar-refractivity contribution in [3.63, 3.8) is 0 Å². The molecule has 5 heteroatoms. The third-order valence-electron chi connectivity index (χ3n) is 4.51. The van der Waals surface area contributed by atoms with Crippen molar-refractivity contribution in [1.82, 2.24) is 14.5 Å². The van der Waals surface area contributed by atoms with Gasteiger partial charge in [-0.1, -0.05) is 13.3 Å². The Labute approximate surface area is 124 Å². The van der Waals surface area contributed by atoms with E-state index in [1.807, 2.05) is 12.1 Å². The molecular weight excluding hydrogens is 270 g/mol. The molecule has 0 aliphatic heterocycles. The number of hydrogen-bond acceptors (Lipinski definition) is 3. The summed E-state index contributed by atoms with van der Waals surface area (Å²) in [6.45, 7) is 2.29. The number of methoxy groups -OCH3 is 1. The van der Waals surface area contributed by atoms with Crippen molar-refractivity contribution in [2.75, 3.05) is 7.11 Å². The number of imidazole rings is 1. The zero-order valence-corrected chi connectivity index (χ0v) is 12.9. The molecule has 20 heavy (non-hydrogen) atoms. The van der Waals surface area contributed by atoms with Gasteiger partial charge in [0.1, 0.15) is 0 Å². The van der Waals surface area contributed by atoms with Crippen LogP contribution in [0.2, 0.25) is 0 Å². The predicted molar refractivity (Wildman–Crippen MR) is 82.8 cm³/mol. The van der Waals surface area contributed by atoms with E-state index in [0.29, 0.717) is 11.9 Å². The average Bonchev–Trinajstić information content (AvgIpc) is 2.82. The Morgan fingerprint density at radius 2 is 2.10 bits per heavy atom. The second kappa shape index (κ2) is 5.56. The highest BCUT2D eigenvalue weighted by Gasteiger charge is 2.23. The van der Waals surface area contributed by atoms with Crippen LogP contribution in [0.4, 0.5) is 0 Å². The minimum atomic E-state index is 0.471. The molecule has 0 radical (unpaired) electrons. The van der Waals surface area contributed by atoms with Crippen molar-refractivity contribution in [1.29, 1.82) is 0 Å². The molecule has 2 aromatic rings. The van der Waals surface area contributed by atoms with E-state index in [9.17, 15) is 0 Å². The van der Waals surface area contributed by atoms with Gasteiger partial charge in [-0.05, 0) is 49.9 Å². The molecule has 1 saturated carbocycles. The van der Waals surface area contributed by atoms with Crippen LogP contribution in [-0.2, 0) is 0 Å². The van der Waals surface area contributed by atoms with Crippen LogP contribution in [0.1, 0.15) is 45.1 Å². The van der Waals surface area contributed by atoms with Crippen molar-refractivity contribution < 1.29 is 4.74 Å². The van der Waals surface area contributed by atoms with E-state index in [-0.39, 0.29) is 0 Å². The molecule has 2 aromatic heterocycles. The van der Waals surface area contributed by atoms with Crippen LogP contribution in [0, 0.1) is 10.7 Å². The van der Waals surface area contributed by atoms with Crippen LogP contribution in [0.15, 0.2) is 12.1 Å². The number of aromatic nitrogens is 3. The first-order valence-corrected chi connectivity index (χ1v) is 7.79. The summed E-state index contributed by atoms with van der Waals surface area (Å²) in [6, 6.07) is 4.33. The summed E-state index contributed by atoms with van der Waals surface area (Å²) < 4.78 is 8.21. The molecule has 1 fully saturated rings. The van der Waals surface area contributed by atoms with Crippen molar-refractivity contribution in [2.24, 2.45) is 5.92 Å². The standard InChI is InChI=1S/C15H21N3OS/c1-3-10-4-6-11(7-5-10)18-14-12(16-15(18)20)8-9-13(17-14)19-2/h8-11H,3-7H2,1-2H3,(H,16,20). The summed E-state index contributed by atoms with van der Waals surface area (Å²) in [5, 5.41) is 0. The first-order valence-electron chi connectivity index (χ1n) is 7.38. The Balaban J connectivity index is 1.98. The van der Waals surface area contributed by atoms with E-state index < -0.39 is 0 Å². The highest BCUT2D eigenvalue weighted by molar-refractivity contribution is 7.71. The SMILES string of the molecule is CCC1CCC(n2c(=S)[nH]c3ccc(OC)nc32)CC1. The fourth-order valence-electron chi connectivity index (χ4n) is 3.25. The number of nitrogens with one attached hydrogen (secondary N) is 1. The Kier molecular flexibility index (Phi) is 3.78. The molecule has 0 bridgehead atoms. The van der Waals surface area contributed by atoms with Gasteiger partial charge in [-0.2, -0.15) is 4.98 Å². The maximum atomic E-state index is 5.50. The molecule has 2 heterocycles. The fraction of sp³-hybridized carbons (Fsp3) is 0.600. The average molecular weight is 291 g/mol. The smallest absolute Gasteiger partial charge is 0.215 e. The predicted octanol–water partition coefficient (Wildman–Crippen LogP) is 4.24. The highest BCUT2D eigenvalue weighted by Crippen LogP contribution is 2.35. The number of aromatic amines is 1. The molecule has 3 rings (SSSR count). The minimum absolute atomic E-state index is 0.471. The normalized spacial score (nSPS) is 23.1. The maximum Gasteiger partial charge on any atom is 0.215 e. The summed E-state index contributed by atoms with van der Waals surface area (Å²) >= 11 is 5.50. The van der Waals surface area contributed by atoms with E-state index in [1.54, 1.807) is 7.11 Å². The van der Waals surface area contributed by atoms with Crippen LogP contribution in [0.25, 0.3) is 11.2 Å². The number of nitrogens with zero attached hydrogens (tertiary/aromatic N) is 2. The summed E-state index contributed by atoms with van der Waals surface area (Å²) in [5.74, 6) is 1.52. The monoisotopic (exact) mass is 291 g/mol. The molecular formula is C15H21N3OS. The molecule has 0 aromatic carbocycles. The van der Waals surface area contributed by atoms with E-state index in [2.05, 4.69) is 21.5 Å². The van der Waals surface area contributed by atoms with Gasteiger partial charge in [0.05, 0.1) is 12.6 Å². The number of H-pyrrole nitrogens is 1. The summed E-state index contributed by atoms with van der Waals surface area (Å²) in [4.78, 5) is 7.83. The largest absolute Gasteiger partial charge is 0.481 e. The number of rotatable bonds is 3. The van der Waals surface area contributed by atoms with Gasteiger partial charge in [0.2, 0.25) is 5.88 Å². The Morgan fingerprint density at radius 3 is 2.75 bits per heavy atom. The van der Waals surface area contributed by atoms with Gasteiger partial charge in [-0.25, -0.2) is 0 Å². The van der Waals surface area contributed by atoms with Crippen LogP contribution in [0.3, 0.4) is 0 Å². The van der Waals surface area contributed by atoms with Gasteiger partial charge in [-0.3, -0.25) is 4.57 Å². The van der Waals surface area contributed by atoms with Gasteiger partial charge < -0.3 is 9.72 Å². The van der Waals surface area contributed by atoms with E-state index in [1.165, 1.54) is 32.1 Å². The lowest BCUT2D eigenvalue weighted by Crippen LogP contribution is -2.18. The van der Waals surface area contributed by atoms with Crippen molar-refractivity contribution in [3.8, 4) is 5.88 Å². The van der Waals surface area contributed by atoms with Gasteiger partial charge >= 0.3 is 0 Å². The van der Waals surface area contributed by atoms with Crippen LogP contribution < -0.4 is 4.74 Å². The van der Waals surface area contributed by atoms with Crippen molar-refractivity contribution in [3.05, 3.63) is 16.9 Å². The minimum Gasteiger partial charge on any atom is -0.481 e. The van der Waals surface area contributed by atoms with E-state index in [0.717, 1.165) is 21.9 Å². The Bertz CT molecular complexity index is 653. The molecule has 0 spiro atoms. The Hall–Kier alpha value is -1.36. The topological polar surface area (TPSA) is 42.8 Å². The van der Waals surface area contributed by atoms with Crippen LogP contribution in [0.5, 0.6) is 5.88 Å². The molecule has 1 N–H and O–H groups in total. The quantitative estimate of drug-likeness (QED) is 0.860. The molecule has 0 unspecified atom stereocenters. The number of pyridine rings is 1. The molecule has 0 amide bonds.